The number of ether oxygens (including phenoxy) is 1. The van der Waals surface area contributed by atoms with Gasteiger partial charge >= 0.3 is 0 Å². The van der Waals surface area contributed by atoms with Crippen molar-refractivity contribution in [1.82, 2.24) is 9.55 Å². The summed E-state index contributed by atoms with van der Waals surface area (Å²) < 4.78 is 7.56. The Morgan fingerprint density at radius 1 is 1.28 bits per heavy atom. The summed E-state index contributed by atoms with van der Waals surface area (Å²) in [5.41, 5.74) is 1.95. The summed E-state index contributed by atoms with van der Waals surface area (Å²) in [4.78, 5) is 16.6. The first-order valence-corrected chi connectivity index (χ1v) is 10.6. The molecule has 7 heteroatoms. The van der Waals surface area contributed by atoms with E-state index in [1.807, 2.05) is 42.9 Å². The van der Waals surface area contributed by atoms with Gasteiger partial charge in [0.05, 0.1) is 19.1 Å². The lowest BCUT2D eigenvalue weighted by Crippen LogP contribution is -2.13. The van der Waals surface area contributed by atoms with Crippen LogP contribution in [0.25, 0.3) is 0 Å². The quantitative estimate of drug-likeness (QED) is 0.469. The van der Waals surface area contributed by atoms with Crippen LogP contribution in [-0.4, -0.2) is 27.8 Å². The van der Waals surface area contributed by atoms with Crippen molar-refractivity contribution in [2.45, 2.75) is 36.5 Å². The summed E-state index contributed by atoms with van der Waals surface area (Å²) in [6.07, 6.45) is 7.59. The smallest absolute Gasteiger partial charge is 0.221 e. The van der Waals surface area contributed by atoms with Crippen LogP contribution in [0.5, 0.6) is 5.75 Å². The Bertz CT molecular complexity index is 930. The fourth-order valence-electron chi connectivity index (χ4n) is 3.03. The van der Waals surface area contributed by atoms with E-state index in [9.17, 15) is 4.79 Å². The van der Waals surface area contributed by atoms with Crippen molar-refractivity contribution in [3.8, 4) is 5.75 Å². The van der Waals surface area contributed by atoms with Crippen LogP contribution in [0.15, 0.2) is 66.1 Å². The van der Waals surface area contributed by atoms with Gasteiger partial charge in [0.1, 0.15) is 5.75 Å². The molecule has 1 amide bonds. The summed E-state index contributed by atoms with van der Waals surface area (Å²) in [6.45, 7) is 2.34. The largest absolute Gasteiger partial charge is 0.495 e. The number of halogens is 1. The fourth-order valence-corrected chi connectivity index (χ4v) is 4.34. The molecule has 0 fully saturated rings. The van der Waals surface area contributed by atoms with Crippen LogP contribution < -0.4 is 10.1 Å². The second kappa shape index (κ2) is 10.4. The van der Waals surface area contributed by atoms with Crippen molar-refractivity contribution >= 4 is 35.0 Å². The minimum atomic E-state index is -0.121. The van der Waals surface area contributed by atoms with Gasteiger partial charge in [-0.15, -0.1) is 11.8 Å². The molecule has 2 aromatic carbocycles. The van der Waals surface area contributed by atoms with Gasteiger partial charge in [0.2, 0.25) is 5.91 Å². The third kappa shape index (κ3) is 6.54. The molecule has 0 bridgehead atoms. The molecule has 0 spiro atoms. The van der Waals surface area contributed by atoms with Gasteiger partial charge in [-0.2, -0.15) is 0 Å². The number of anilines is 1. The molecule has 29 heavy (non-hydrogen) atoms. The summed E-state index contributed by atoms with van der Waals surface area (Å²) in [7, 11) is 1.61. The van der Waals surface area contributed by atoms with Gasteiger partial charge in [-0.25, -0.2) is 4.98 Å². The zero-order valence-electron chi connectivity index (χ0n) is 16.5. The van der Waals surface area contributed by atoms with E-state index in [0.29, 0.717) is 16.7 Å². The van der Waals surface area contributed by atoms with Crippen LogP contribution in [0.2, 0.25) is 5.02 Å². The Balaban J connectivity index is 1.73. The van der Waals surface area contributed by atoms with E-state index in [1.54, 1.807) is 25.1 Å². The van der Waals surface area contributed by atoms with Crippen LogP contribution in [-0.2, 0) is 17.8 Å². The molecule has 152 valence electrons. The van der Waals surface area contributed by atoms with Crippen molar-refractivity contribution in [3.05, 3.63) is 71.8 Å². The Labute approximate surface area is 180 Å². The summed E-state index contributed by atoms with van der Waals surface area (Å²) >= 11 is 7.80. The Kier molecular flexibility index (Phi) is 7.61. The first kappa shape index (κ1) is 21.3. The molecule has 1 atom stereocenters. The number of carbonyl (C=O) groups excluding carboxylic acids is 1. The number of nitrogens with zero attached hydrogens (tertiary/aromatic N) is 2. The monoisotopic (exact) mass is 429 g/mol. The van der Waals surface area contributed by atoms with E-state index in [2.05, 4.69) is 27.0 Å². The zero-order valence-corrected chi connectivity index (χ0v) is 18.0. The van der Waals surface area contributed by atoms with E-state index in [4.69, 9.17) is 16.3 Å². The van der Waals surface area contributed by atoms with Gasteiger partial charge in [-0.05, 0) is 48.7 Å². The maximum atomic E-state index is 11.4. The summed E-state index contributed by atoms with van der Waals surface area (Å²) in [5, 5.41) is 3.89. The number of amides is 1. The van der Waals surface area contributed by atoms with Crippen LogP contribution in [0.1, 0.15) is 18.9 Å². The zero-order chi connectivity index (χ0) is 20.6. The molecular weight excluding hydrogens is 406 g/mol. The molecule has 0 aliphatic heterocycles. The number of hydrogen-bond acceptors (Lipinski definition) is 4. The van der Waals surface area contributed by atoms with E-state index >= 15 is 0 Å². The van der Waals surface area contributed by atoms with Crippen LogP contribution in [0, 0.1) is 0 Å². The Morgan fingerprint density at radius 2 is 2.07 bits per heavy atom. The van der Waals surface area contributed by atoms with Gasteiger partial charge in [0.25, 0.3) is 0 Å². The minimum absolute atomic E-state index is 0.121. The lowest BCUT2D eigenvalue weighted by atomic mass is 10.1. The van der Waals surface area contributed by atoms with Crippen LogP contribution >= 0.6 is 23.4 Å². The molecule has 5 nitrogen and oxygen atoms in total. The van der Waals surface area contributed by atoms with Crippen molar-refractivity contribution in [1.29, 1.82) is 0 Å². The number of imidazole rings is 1. The molecule has 3 rings (SSSR count). The second-order valence-electron chi connectivity index (χ2n) is 6.71. The van der Waals surface area contributed by atoms with Gasteiger partial charge in [0.15, 0.2) is 0 Å². The molecule has 3 aromatic rings. The summed E-state index contributed by atoms with van der Waals surface area (Å²) in [6, 6.07) is 13.9. The van der Waals surface area contributed by atoms with Crippen molar-refractivity contribution in [2.75, 3.05) is 12.4 Å². The SMILES string of the molecule is COc1cc(SC(CCc2ccc(Cl)cc2)Cn2ccnc2)ccc1NC(C)=O. The average molecular weight is 430 g/mol. The molecule has 0 radical (unpaired) electrons. The van der Waals surface area contributed by atoms with E-state index in [-0.39, 0.29) is 5.91 Å². The molecule has 1 N–H and O–H groups in total. The number of rotatable bonds is 9. The number of thioether (sulfide) groups is 1. The lowest BCUT2D eigenvalue weighted by Gasteiger charge is -2.18. The highest BCUT2D eigenvalue weighted by molar-refractivity contribution is 8.00. The van der Waals surface area contributed by atoms with Crippen LogP contribution in [0.4, 0.5) is 5.69 Å². The van der Waals surface area contributed by atoms with Gasteiger partial charge in [-0.1, -0.05) is 23.7 Å². The van der Waals surface area contributed by atoms with Gasteiger partial charge in [-0.3, -0.25) is 4.79 Å². The number of carbonyl (C=O) groups is 1. The molecule has 1 unspecified atom stereocenters. The molecule has 0 aliphatic carbocycles. The highest BCUT2D eigenvalue weighted by Crippen LogP contribution is 2.34. The molecule has 1 heterocycles. The fraction of sp³-hybridized carbons (Fsp3) is 0.273. The number of hydrogen-bond donors (Lipinski definition) is 1. The van der Waals surface area contributed by atoms with Gasteiger partial charge in [0, 0.05) is 41.0 Å². The maximum absolute atomic E-state index is 11.4. The van der Waals surface area contributed by atoms with Gasteiger partial charge < -0.3 is 14.6 Å². The first-order valence-electron chi connectivity index (χ1n) is 9.36. The third-order valence-electron chi connectivity index (χ3n) is 4.43. The molecular formula is C22H24ClN3O2S. The molecule has 1 aromatic heterocycles. The number of methoxy groups -OCH3 is 1. The highest BCUT2D eigenvalue weighted by atomic mass is 35.5. The number of aromatic nitrogens is 2. The summed E-state index contributed by atoms with van der Waals surface area (Å²) in [5.74, 6) is 0.536. The first-order chi connectivity index (χ1) is 14.0. The number of aryl methyl sites for hydroxylation is 1. The van der Waals surface area contributed by atoms with E-state index < -0.39 is 0 Å². The predicted molar refractivity (Wildman–Crippen MR) is 119 cm³/mol. The molecule has 0 aliphatic rings. The van der Waals surface area contributed by atoms with Crippen molar-refractivity contribution < 1.29 is 9.53 Å². The standard InChI is InChI=1S/C22H24ClN3O2S/c1-16(27)25-21-10-9-19(13-22(21)28-2)29-20(14-26-12-11-24-15-26)8-5-17-3-6-18(23)7-4-17/h3-4,6-7,9-13,15,20H,5,8,14H2,1-2H3,(H,25,27). The predicted octanol–water partition coefficient (Wildman–Crippen LogP) is 5.30. The van der Waals surface area contributed by atoms with E-state index in [0.717, 1.165) is 29.3 Å². The minimum Gasteiger partial charge on any atom is -0.495 e. The Morgan fingerprint density at radius 3 is 2.72 bits per heavy atom. The van der Waals surface area contributed by atoms with Crippen LogP contribution in [0.3, 0.4) is 0 Å². The van der Waals surface area contributed by atoms with Crippen molar-refractivity contribution in [3.63, 3.8) is 0 Å². The maximum Gasteiger partial charge on any atom is 0.221 e. The van der Waals surface area contributed by atoms with E-state index in [1.165, 1.54) is 12.5 Å². The average Bonchev–Trinajstić information content (AvgIpc) is 3.21. The topological polar surface area (TPSA) is 56.1 Å². The third-order valence-corrected chi connectivity index (χ3v) is 5.92. The molecule has 0 saturated carbocycles. The highest BCUT2D eigenvalue weighted by Gasteiger charge is 2.14. The number of benzene rings is 2. The molecule has 0 saturated heterocycles. The van der Waals surface area contributed by atoms with Crippen molar-refractivity contribution in [2.24, 2.45) is 0 Å². The second-order valence-corrected chi connectivity index (χ2v) is 8.52. The Hall–Kier alpha value is -2.44. The normalized spacial score (nSPS) is 11.8. The number of nitrogens with one attached hydrogen (secondary N) is 1. The lowest BCUT2D eigenvalue weighted by molar-refractivity contribution is -0.114.